The molecular weight excluding hydrogens is 308 g/mol. The van der Waals surface area contributed by atoms with E-state index in [1.54, 1.807) is 54.2 Å². The summed E-state index contributed by atoms with van der Waals surface area (Å²) in [4.78, 5) is 22.1. The summed E-state index contributed by atoms with van der Waals surface area (Å²) in [5.41, 5.74) is 2.33. The third kappa shape index (κ3) is 2.16. The summed E-state index contributed by atoms with van der Waals surface area (Å²) in [5.74, 6) is 1.71. The monoisotopic (exact) mass is 320 g/mol. The van der Waals surface area contributed by atoms with Gasteiger partial charge < -0.3 is 9.15 Å². The third-order valence-electron chi connectivity index (χ3n) is 3.86. The molecular formula is C18H12N2O4. The van der Waals surface area contributed by atoms with Crippen LogP contribution in [0.4, 0.5) is 0 Å². The third-order valence-corrected chi connectivity index (χ3v) is 3.86. The first-order valence-electron chi connectivity index (χ1n) is 7.28. The Bertz CT molecular complexity index is 1090. The maximum atomic E-state index is 11.1. The number of carbonyl (C=O) groups excluding carboxylic acids is 2. The largest absolute Gasteiger partial charge is 0.460 e. The Hall–Kier alpha value is -3.41. The highest BCUT2D eigenvalue weighted by Crippen LogP contribution is 2.31. The lowest BCUT2D eigenvalue weighted by molar-refractivity contribution is 0.111. The van der Waals surface area contributed by atoms with E-state index in [0.717, 1.165) is 18.0 Å². The zero-order chi connectivity index (χ0) is 16.7. The van der Waals surface area contributed by atoms with E-state index in [9.17, 15) is 9.59 Å². The number of hydrogen-bond donors (Lipinski definition) is 0. The van der Waals surface area contributed by atoms with Crippen LogP contribution in [0.25, 0.3) is 16.5 Å². The van der Waals surface area contributed by atoms with Gasteiger partial charge in [-0.05, 0) is 25.1 Å². The summed E-state index contributed by atoms with van der Waals surface area (Å²) in [6, 6.07) is 8.71. The smallest absolute Gasteiger partial charge is 0.154 e. The molecule has 0 fully saturated rings. The number of ether oxygens (including phenoxy) is 1. The molecule has 24 heavy (non-hydrogen) atoms. The van der Waals surface area contributed by atoms with Gasteiger partial charge in [0.1, 0.15) is 22.6 Å². The Morgan fingerprint density at radius 2 is 2.04 bits per heavy atom. The maximum absolute atomic E-state index is 11.1. The fourth-order valence-electron chi connectivity index (χ4n) is 2.72. The van der Waals surface area contributed by atoms with E-state index >= 15 is 0 Å². The molecule has 0 aliphatic rings. The van der Waals surface area contributed by atoms with Crippen molar-refractivity contribution in [3.8, 4) is 11.5 Å². The first kappa shape index (κ1) is 14.2. The number of carbonyl (C=O) groups is 2. The molecule has 3 heterocycles. The molecule has 0 N–H and O–H groups in total. The van der Waals surface area contributed by atoms with E-state index < -0.39 is 0 Å². The molecule has 118 valence electrons. The van der Waals surface area contributed by atoms with Crippen LogP contribution in [0.1, 0.15) is 26.5 Å². The maximum Gasteiger partial charge on any atom is 0.154 e. The van der Waals surface area contributed by atoms with Crippen molar-refractivity contribution in [3.63, 3.8) is 0 Å². The zero-order valence-corrected chi connectivity index (χ0v) is 12.7. The molecule has 6 nitrogen and oxygen atoms in total. The molecule has 0 radical (unpaired) electrons. The molecule has 0 saturated carbocycles. The normalized spacial score (nSPS) is 11.0. The van der Waals surface area contributed by atoms with E-state index in [-0.39, 0.29) is 0 Å². The minimum Gasteiger partial charge on any atom is -0.460 e. The Kier molecular flexibility index (Phi) is 3.16. The summed E-state index contributed by atoms with van der Waals surface area (Å²) < 4.78 is 13.1. The van der Waals surface area contributed by atoms with Crippen molar-refractivity contribution in [3.05, 3.63) is 59.6 Å². The lowest BCUT2D eigenvalue weighted by atomic mass is 10.1. The number of benzene rings is 1. The molecule has 0 saturated heterocycles. The van der Waals surface area contributed by atoms with E-state index in [4.69, 9.17) is 9.15 Å². The number of nitrogens with zero attached hydrogens (tertiary/aromatic N) is 2. The van der Waals surface area contributed by atoms with E-state index in [1.165, 1.54) is 0 Å². The molecule has 0 atom stereocenters. The van der Waals surface area contributed by atoms with Crippen LogP contribution in [-0.4, -0.2) is 22.2 Å². The molecule has 0 unspecified atom stereocenters. The van der Waals surface area contributed by atoms with Crippen LogP contribution in [0.15, 0.2) is 47.1 Å². The number of aromatic nitrogens is 2. The standard InChI is InChI=1S/C18H12N2O4/c1-11-15(10-22)14-3-2-13(7-18(14)23-11)24-17-4-5-19-20-8-12(9-21)6-16(17)20/h2-10H,1H3. The zero-order valence-electron chi connectivity index (χ0n) is 12.7. The van der Waals surface area contributed by atoms with Crippen LogP contribution < -0.4 is 4.74 Å². The average molecular weight is 320 g/mol. The van der Waals surface area contributed by atoms with Gasteiger partial charge in [0, 0.05) is 29.3 Å². The predicted molar refractivity (Wildman–Crippen MR) is 87.0 cm³/mol. The second-order valence-corrected chi connectivity index (χ2v) is 5.37. The van der Waals surface area contributed by atoms with Crippen LogP contribution in [0.2, 0.25) is 0 Å². The van der Waals surface area contributed by atoms with Gasteiger partial charge in [0.25, 0.3) is 0 Å². The number of aryl methyl sites for hydroxylation is 1. The molecule has 3 aromatic heterocycles. The van der Waals surface area contributed by atoms with E-state index in [2.05, 4.69) is 5.10 Å². The van der Waals surface area contributed by atoms with E-state index in [0.29, 0.717) is 39.5 Å². The fraction of sp³-hybridized carbons (Fsp3) is 0.0556. The molecule has 4 aromatic rings. The lowest BCUT2D eigenvalue weighted by Gasteiger charge is -2.07. The van der Waals surface area contributed by atoms with Crippen LogP contribution in [0.3, 0.4) is 0 Å². The minimum atomic E-state index is 0.520. The van der Waals surface area contributed by atoms with Crippen molar-refractivity contribution in [1.29, 1.82) is 0 Å². The Labute approximate surface area is 136 Å². The second-order valence-electron chi connectivity index (χ2n) is 5.37. The van der Waals surface area contributed by atoms with E-state index in [1.807, 2.05) is 0 Å². The summed E-state index contributed by atoms with van der Waals surface area (Å²) >= 11 is 0. The Morgan fingerprint density at radius 3 is 2.83 bits per heavy atom. The van der Waals surface area contributed by atoms with Gasteiger partial charge in [-0.1, -0.05) is 0 Å². The van der Waals surface area contributed by atoms with Gasteiger partial charge in [0.15, 0.2) is 18.3 Å². The molecule has 0 aliphatic heterocycles. The quantitative estimate of drug-likeness (QED) is 0.535. The summed E-state index contributed by atoms with van der Waals surface area (Å²) in [6.07, 6.45) is 4.77. The van der Waals surface area contributed by atoms with Crippen LogP contribution >= 0.6 is 0 Å². The predicted octanol–water partition coefficient (Wildman–Crippen LogP) is 3.81. The Morgan fingerprint density at radius 1 is 1.17 bits per heavy atom. The molecule has 1 aromatic carbocycles. The van der Waals surface area contributed by atoms with Gasteiger partial charge in [-0.25, -0.2) is 4.52 Å². The molecule has 0 bridgehead atoms. The van der Waals surface area contributed by atoms with Gasteiger partial charge >= 0.3 is 0 Å². The first-order valence-corrected chi connectivity index (χ1v) is 7.28. The molecule has 4 rings (SSSR count). The highest BCUT2D eigenvalue weighted by molar-refractivity contribution is 5.97. The van der Waals surface area contributed by atoms with Crippen molar-refractivity contribution in [2.45, 2.75) is 6.92 Å². The average Bonchev–Trinajstić information content (AvgIpc) is 3.14. The van der Waals surface area contributed by atoms with Crippen molar-refractivity contribution >= 4 is 29.1 Å². The van der Waals surface area contributed by atoms with Crippen molar-refractivity contribution in [2.24, 2.45) is 0 Å². The van der Waals surface area contributed by atoms with Crippen LogP contribution in [-0.2, 0) is 0 Å². The molecule has 0 aliphatic carbocycles. The molecule has 0 amide bonds. The van der Waals surface area contributed by atoms with Gasteiger partial charge in [-0.15, -0.1) is 0 Å². The number of fused-ring (bicyclic) bond motifs is 2. The fourth-order valence-corrected chi connectivity index (χ4v) is 2.72. The summed E-state index contributed by atoms with van der Waals surface area (Å²) in [7, 11) is 0. The highest BCUT2D eigenvalue weighted by Gasteiger charge is 2.12. The number of hydrogen-bond acceptors (Lipinski definition) is 5. The van der Waals surface area contributed by atoms with Crippen LogP contribution in [0.5, 0.6) is 11.5 Å². The van der Waals surface area contributed by atoms with Gasteiger partial charge in [0.05, 0.1) is 11.8 Å². The SMILES string of the molecule is Cc1oc2cc(Oc3ccnn4cc(C=O)cc34)ccc2c1C=O. The van der Waals surface area contributed by atoms with Crippen molar-refractivity contribution in [2.75, 3.05) is 0 Å². The number of aldehydes is 2. The molecule has 0 spiro atoms. The number of rotatable bonds is 4. The van der Waals surface area contributed by atoms with Gasteiger partial charge in [-0.2, -0.15) is 5.10 Å². The van der Waals surface area contributed by atoms with Gasteiger partial charge in [0.2, 0.25) is 0 Å². The van der Waals surface area contributed by atoms with Crippen molar-refractivity contribution < 1.29 is 18.7 Å². The minimum absolute atomic E-state index is 0.520. The highest BCUT2D eigenvalue weighted by atomic mass is 16.5. The van der Waals surface area contributed by atoms with Gasteiger partial charge in [-0.3, -0.25) is 9.59 Å². The second kappa shape index (κ2) is 5.34. The summed E-state index contributed by atoms with van der Waals surface area (Å²) in [5, 5.41) is 4.90. The molecule has 6 heteroatoms. The first-order chi connectivity index (χ1) is 11.7. The lowest BCUT2D eigenvalue weighted by Crippen LogP contribution is -1.92. The van der Waals surface area contributed by atoms with Crippen LogP contribution in [0, 0.1) is 6.92 Å². The van der Waals surface area contributed by atoms with Crippen molar-refractivity contribution in [1.82, 2.24) is 9.61 Å². The topological polar surface area (TPSA) is 73.8 Å². The summed E-state index contributed by atoms with van der Waals surface area (Å²) in [6.45, 7) is 1.75. The Balaban J connectivity index is 1.78. The number of furan rings is 1.